The minimum Gasteiger partial charge on any atom is -0.299 e. The van der Waals surface area contributed by atoms with Crippen molar-refractivity contribution >= 4 is 5.65 Å². The van der Waals surface area contributed by atoms with Crippen LogP contribution in [0.5, 0.6) is 0 Å². The van der Waals surface area contributed by atoms with E-state index in [9.17, 15) is 4.39 Å². The van der Waals surface area contributed by atoms with Gasteiger partial charge in [0.15, 0.2) is 5.65 Å². The van der Waals surface area contributed by atoms with Crippen LogP contribution < -0.4 is 0 Å². The summed E-state index contributed by atoms with van der Waals surface area (Å²) < 4.78 is 14.9. The van der Waals surface area contributed by atoms with E-state index < -0.39 is 0 Å². The lowest BCUT2D eigenvalue weighted by Gasteiger charge is -2.26. The number of rotatable bonds is 3. The van der Waals surface area contributed by atoms with E-state index in [1.165, 1.54) is 31.4 Å². The lowest BCUT2D eigenvalue weighted by atomic mass is 10.0. The number of pyridine rings is 1. The van der Waals surface area contributed by atoms with Crippen molar-refractivity contribution in [3.05, 3.63) is 47.9 Å². The normalized spacial score (nSPS) is 16.0. The molecular formula is C17H18FN5. The van der Waals surface area contributed by atoms with Gasteiger partial charge in [0, 0.05) is 23.9 Å². The fraction of sp³-hybridized carbons (Fsp3) is 0.353. The summed E-state index contributed by atoms with van der Waals surface area (Å²) in [5.41, 5.74) is 3.86. The van der Waals surface area contributed by atoms with Crippen LogP contribution in [0.1, 0.15) is 24.8 Å². The zero-order chi connectivity index (χ0) is 15.6. The molecule has 1 aliphatic heterocycles. The maximum absolute atomic E-state index is 13.1. The molecular weight excluding hydrogens is 293 g/mol. The number of hydrogen-bond donors (Lipinski definition) is 0. The Labute approximate surface area is 133 Å². The molecule has 4 rings (SSSR count). The van der Waals surface area contributed by atoms with Crippen LogP contribution in [0, 0.1) is 5.82 Å². The molecule has 3 aromatic rings. The van der Waals surface area contributed by atoms with E-state index in [0.717, 1.165) is 42.0 Å². The van der Waals surface area contributed by atoms with Gasteiger partial charge in [-0.05, 0) is 60.1 Å². The first-order valence-electron chi connectivity index (χ1n) is 7.98. The van der Waals surface area contributed by atoms with Gasteiger partial charge < -0.3 is 0 Å². The largest absolute Gasteiger partial charge is 0.299 e. The van der Waals surface area contributed by atoms with Crippen LogP contribution in [0.15, 0.2) is 36.5 Å². The summed E-state index contributed by atoms with van der Waals surface area (Å²) in [5.74, 6) is -0.231. The first-order valence-corrected chi connectivity index (χ1v) is 7.98. The van der Waals surface area contributed by atoms with Crippen molar-refractivity contribution in [1.29, 1.82) is 0 Å². The van der Waals surface area contributed by atoms with Gasteiger partial charge >= 0.3 is 0 Å². The Morgan fingerprint density at radius 2 is 1.78 bits per heavy atom. The van der Waals surface area contributed by atoms with E-state index in [4.69, 9.17) is 0 Å². The predicted molar refractivity (Wildman–Crippen MR) is 85.3 cm³/mol. The second kappa shape index (κ2) is 6.04. The molecule has 0 radical (unpaired) electrons. The van der Waals surface area contributed by atoms with Crippen LogP contribution in [0.2, 0.25) is 0 Å². The van der Waals surface area contributed by atoms with Gasteiger partial charge in [-0.2, -0.15) is 4.52 Å². The molecule has 1 fully saturated rings. The molecule has 0 saturated carbocycles. The molecule has 0 unspecified atom stereocenters. The average molecular weight is 311 g/mol. The van der Waals surface area contributed by atoms with Gasteiger partial charge in [-0.15, -0.1) is 5.10 Å². The number of halogens is 1. The fourth-order valence-corrected chi connectivity index (χ4v) is 3.19. The molecule has 1 aliphatic rings. The Hall–Kier alpha value is -2.34. The number of piperidine rings is 1. The van der Waals surface area contributed by atoms with E-state index in [1.54, 1.807) is 16.6 Å². The molecule has 0 bridgehead atoms. The number of aromatic nitrogens is 4. The van der Waals surface area contributed by atoms with Gasteiger partial charge in [-0.3, -0.25) is 4.90 Å². The standard InChI is InChI=1S/C17H18FN5/c18-16-6-4-13(5-7-16)14-10-15(11-22-8-2-1-3-9-22)17-19-20-21-23(17)12-14/h4-7,10,12H,1-3,8-9,11H2. The van der Waals surface area contributed by atoms with Crippen LogP contribution in [0.4, 0.5) is 4.39 Å². The molecule has 23 heavy (non-hydrogen) atoms. The molecule has 0 N–H and O–H groups in total. The highest BCUT2D eigenvalue weighted by atomic mass is 19.1. The summed E-state index contributed by atoms with van der Waals surface area (Å²) in [6, 6.07) is 8.64. The zero-order valence-electron chi connectivity index (χ0n) is 12.8. The van der Waals surface area contributed by atoms with Crippen molar-refractivity contribution in [2.75, 3.05) is 13.1 Å². The number of nitrogens with zero attached hydrogens (tertiary/aromatic N) is 5. The van der Waals surface area contributed by atoms with Crippen molar-refractivity contribution in [1.82, 2.24) is 24.9 Å². The third kappa shape index (κ3) is 2.94. The highest BCUT2D eigenvalue weighted by Crippen LogP contribution is 2.24. The predicted octanol–water partition coefficient (Wildman–Crippen LogP) is 2.92. The number of hydrogen-bond acceptors (Lipinski definition) is 4. The van der Waals surface area contributed by atoms with Crippen LogP contribution in [-0.2, 0) is 6.54 Å². The molecule has 1 saturated heterocycles. The first kappa shape index (κ1) is 14.3. The molecule has 1 aromatic carbocycles. The molecule has 5 nitrogen and oxygen atoms in total. The van der Waals surface area contributed by atoms with Gasteiger partial charge in [0.1, 0.15) is 5.82 Å². The molecule has 0 aliphatic carbocycles. The molecule has 3 heterocycles. The van der Waals surface area contributed by atoms with E-state index in [2.05, 4.69) is 26.5 Å². The van der Waals surface area contributed by atoms with Gasteiger partial charge in [0.2, 0.25) is 0 Å². The van der Waals surface area contributed by atoms with Crippen LogP contribution in [0.3, 0.4) is 0 Å². The Kier molecular flexibility index (Phi) is 3.75. The maximum atomic E-state index is 13.1. The first-order chi connectivity index (χ1) is 11.3. The Balaban J connectivity index is 1.73. The minimum atomic E-state index is -0.231. The highest BCUT2D eigenvalue weighted by molar-refractivity contribution is 5.66. The Morgan fingerprint density at radius 1 is 1.00 bits per heavy atom. The summed E-state index contributed by atoms with van der Waals surface area (Å²) in [6.07, 6.45) is 5.70. The van der Waals surface area contributed by atoms with Crippen molar-refractivity contribution < 1.29 is 4.39 Å². The van der Waals surface area contributed by atoms with Crippen molar-refractivity contribution in [2.24, 2.45) is 0 Å². The summed E-state index contributed by atoms with van der Waals surface area (Å²) in [4.78, 5) is 2.45. The van der Waals surface area contributed by atoms with E-state index in [-0.39, 0.29) is 5.82 Å². The zero-order valence-corrected chi connectivity index (χ0v) is 12.8. The average Bonchev–Trinajstić information content (AvgIpc) is 3.05. The molecule has 0 spiro atoms. The Bertz CT molecular complexity index is 805. The van der Waals surface area contributed by atoms with Crippen LogP contribution in [-0.4, -0.2) is 38.0 Å². The third-order valence-electron chi connectivity index (χ3n) is 4.39. The van der Waals surface area contributed by atoms with Crippen molar-refractivity contribution in [3.8, 4) is 11.1 Å². The second-order valence-electron chi connectivity index (χ2n) is 6.04. The molecule has 0 atom stereocenters. The molecule has 2 aromatic heterocycles. The Morgan fingerprint density at radius 3 is 2.57 bits per heavy atom. The van der Waals surface area contributed by atoms with Crippen LogP contribution >= 0.6 is 0 Å². The SMILES string of the molecule is Fc1ccc(-c2cc(CN3CCCCC3)c3nnnn3c2)cc1. The summed E-state index contributed by atoms with van der Waals surface area (Å²) in [7, 11) is 0. The minimum absolute atomic E-state index is 0.231. The molecule has 0 amide bonds. The lowest BCUT2D eigenvalue weighted by Crippen LogP contribution is -2.29. The maximum Gasteiger partial charge on any atom is 0.183 e. The van der Waals surface area contributed by atoms with Gasteiger partial charge in [0.25, 0.3) is 0 Å². The summed E-state index contributed by atoms with van der Waals surface area (Å²) in [5, 5.41) is 12.0. The summed E-state index contributed by atoms with van der Waals surface area (Å²) in [6.45, 7) is 3.09. The van der Waals surface area contributed by atoms with E-state index >= 15 is 0 Å². The van der Waals surface area contributed by atoms with E-state index in [0.29, 0.717) is 0 Å². The molecule has 6 heteroatoms. The summed E-state index contributed by atoms with van der Waals surface area (Å²) >= 11 is 0. The number of fused-ring (bicyclic) bond motifs is 1. The topological polar surface area (TPSA) is 46.3 Å². The monoisotopic (exact) mass is 311 g/mol. The fourth-order valence-electron chi connectivity index (χ4n) is 3.19. The smallest absolute Gasteiger partial charge is 0.183 e. The van der Waals surface area contributed by atoms with Gasteiger partial charge in [-0.25, -0.2) is 4.39 Å². The van der Waals surface area contributed by atoms with Crippen molar-refractivity contribution in [3.63, 3.8) is 0 Å². The highest BCUT2D eigenvalue weighted by Gasteiger charge is 2.15. The number of tetrazole rings is 1. The number of benzene rings is 1. The third-order valence-corrected chi connectivity index (χ3v) is 4.39. The quantitative estimate of drug-likeness (QED) is 0.746. The van der Waals surface area contributed by atoms with Crippen LogP contribution in [0.25, 0.3) is 16.8 Å². The lowest BCUT2D eigenvalue weighted by molar-refractivity contribution is 0.221. The van der Waals surface area contributed by atoms with Gasteiger partial charge in [-0.1, -0.05) is 18.6 Å². The van der Waals surface area contributed by atoms with Crippen molar-refractivity contribution in [2.45, 2.75) is 25.8 Å². The molecule has 118 valence electrons. The van der Waals surface area contributed by atoms with E-state index in [1.807, 2.05) is 6.20 Å². The number of likely N-dealkylation sites (tertiary alicyclic amines) is 1. The second-order valence-corrected chi connectivity index (χ2v) is 6.04. The van der Waals surface area contributed by atoms with Gasteiger partial charge in [0.05, 0.1) is 0 Å².